The summed E-state index contributed by atoms with van der Waals surface area (Å²) in [6, 6.07) is 7.20. The first-order valence-electron chi connectivity index (χ1n) is 7.08. The molecule has 0 amide bonds. The second kappa shape index (κ2) is 6.60. The first kappa shape index (κ1) is 16.7. The number of rotatable bonds is 6. The van der Waals surface area contributed by atoms with Crippen LogP contribution in [0.5, 0.6) is 0 Å². The summed E-state index contributed by atoms with van der Waals surface area (Å²) in [5.41, 5.74) is 1.91. The molecule has 6 nitrogen and oxygen atoms in total. The van der Waals surface area contributed by atoms with Gasteiger partial charge in [-0.2, -0.15) is 5.10 Å². The van der Waals surface area contributed by atoms with E-state index >= 15 is 0 Å². The van der Waals surface area contributed by atoms with Crippen molar-refractivity contribution in [3.05, 3.63) is 47.8 Å². The number of sulfonamides is 1. The van der Waals surface area contributed by atoms with Crippen molar-refractivity contribution >= 4 is 10.0 Å². The highest BCUT2D eigenvalue weighted by atomic mass is 32.2. The Balaban J connectivity index is 2.40. The molecule has 0 saturated carbocycles. The van der Waals surface area contributed by atoms with Gasteiger partial charge in [0.05, 0.1) is 19.3 Å². The minimum Gasteiger partial charge on any atom is -0.287 e. The van der Waals surface area contributed by atoms with Crippen LogP contribution in [-0.4, -0.2) is 29.8 Å². The van der Waals surface area contributed by atoms with Crippen LogP contribution in [0.3, 0.4) is 0 Å². The highest BCUT2D eigenvalue weighted by Gasteiger charge is 2.32. The van der Waals surface area contributed by atoms with Gasteiger partial charge in [0.2, 0.25) is 0 Å². The Hall–Kier alpha value is -1.70. The van der Waals surface area contributed by atoms with Gasteiger partial charge in [-0.1, -0.05) is 28.7 Å². The zero-order chi connectivity index (χ0) is 16.3. The molecule has 0 aliphatic carbocycles. The Morgan fingerprint density at radius 3 is 2.59 bits per heavy atom. The van der Waals surface area contributed by atoms with Gasteiger partial charge in [-0.3, -0.25) is 9.52 Å². The van der Waals surface area contributed by atoms with Crippen LogP contribution in [0.4, 0.5) is 0 Å². The van der Waals surface area contributed by atoms with Crippen LogP contribution < -0.4 is 0 Å². The van der Waals surface area contributed by atoms with E-state index in [1.165, 1.54) is 19.5 Å². The molecule has 0 radical (unpaired) electrons. The Labute approximate surface area is 131 Å². The molecule has 120 valence electrons. The monoisotopic (exact) mass is 323 g/mol. The average molecular weight is 323 g/mol. The molecule has 2 aromatic rings. The summed E-state index contributed by atoms with van der Waals surface area (Å²) in [6.07, 6.45) is 2.85. The highest BCUT2D eigenvalue weighted by molar-refractivity contribution is 7.89. The van der Waals surface area contributed by atoms with Crippen molar-refractivity contribution in [3.8, 4) is 0 Å². The molecule has 0 aliphatic rings. The molecule has 1 aromatic heterocycles. The Kier molecular flexibility index (Phi) is 5.00. The predicted molar refractivity (Wildman–Crippen MR) is 83.5 cm³/mol. The van der Waals surface area contributed by atoms with Crippen molar-refractivity contribution in [2.45, 2.75) is 38.3 Å². The van der Waals surface area contributed by atoms with Gasteiger partial charge in [-0.25, -0.2) is 8.42 Å². The number of aryl methyl sites for hydroxylation is 2. The summed E-state index contributed by atoms with van der Waals surface area (Å²) >= 11 is 0. The molecule has 22 heavy (non-hydrogen) atoms. The van der Waals surface area contributed by atoms with E-state index in [1.54, 1.807) is 11.6 Å². The molecule has 0 N–H and O–H groups in total. The highest BCUT2D eigenvalue weighted by Crippen LogP contribution is 2.29. The molecular formula is C15H21N3O3S. The summed E-state index contributed by atoms with van der Waals surface area (Å²) < 4.78 is 28.1. The van der Waals surface area contributed by atoms with E-state index in [4.69, 9.17) is 4.84 Å². The summed E-state index contributed by atoms with van der Waals surface area (Å²) in [5, 5.41) is 4.02. The fourth-order valence-electron chi connectivity index (χ4n) is 2.39. The summed E-state index contributed by atoms with van der Waals surface area (Å²) in [5.74, 6) is 0. The number of hydrogen-bond acceptors (Lipinski definition) is 4. The smallest absolute Gasteiger partial charge is 0.268 e. The van der Waals surface area contributed by atoms with Crippen molar-refractivity contribution in [2.75, 3.05) is 7.11 Å². The largest absolute Gasteiger partial charge is 0.287 e. The van der Waals surface area contributed by atoms with Crippen LogP contribution in [-0.2, 0) is 21.4 Å². The van der Waals surface area contributed by atoms with Gasteiger partial charge in [0.1, 0.15) is 4.90 Å². The van der Waals surface area contributed by atoms with Gasteiger partial charge in [0.25, 0.3) is 10.0 Å². The van der Waals surface area contributed by atoms with E-state index in [-0.39, 0.29) is 4.90 Å². The Morgan fingerprint density at radius 1 is 1.36 bits per heavy atom. The molecule has 7 heteroatoms. The maximum atomic E-state index is 12.8. The minimum atomic E-state index is -3.78. The average Bonchev–Trinajstić information content (AvgIpc) is 2.97. The van der Waals surface area contributed by atoms with Crippen molar-refractivity contribution in [1.82, 2.24) is 14.2 Å². The molecule has 0 spiro atoms. The van der Waals surface area contributed by atoms with E-state index in [2.05, 4.69) is 5.10 Å². The van der Waals surface area contributed by atoms with Crippen molar-refractivity contribution < 1.29 is 13.3 Å². The van der Waals surface area contributed by atoms with Crippen molar-refractivity contribution in [3.63, 3.8) is 0 Å². The van der Waals surface area contributed by atoms with Crippen LogP contribution in [0, 0.1) is 6.92 Å². The summed E-state index contributed by atoms with van der Waals surface area (Å²) in [4.78, 5) is 5.31. The first-order chi connectivity index (χ1) is 10.4. The molecule has 0 aliphatic heterocycles. The third-order valence-electron chi connectivity index (χ3n) is 3.60. The molecule has 1 heterocycles. The van der Waals surface area contributed by atoms with Crippen molar-refractivity contribution in [2.24, 2.45) is 0 Å². The number of nitrogens with zero attached hydrogens (tertiary/aromatic N) is 3. The predicted octanol–water partition coefficient (Wildman–Crippen LogP) is 2.52. The number of hydrogen-bond donors (Lipinski definition) is 0. The van der Waals surface area contributed by atoms with E-state index in [1.807, 2.05) is 38.1 Å². The van der Waals surface area contributed by atoms with Gasteiger partial charge >= 0.3 is 0 Å². The van der Waals surface area contributed by atoms with E-state index in [0.29, 0.717) is 6.54 Å². The molecule has 0 bridgehead atoms. The molecule has 2 rings (SSSR count). The Morgan fingerprint density at radius 2 is 2.05 bits per heavy atom. The third kappa shape index (κ3) is 3.06. The van der Waals surface area contributed by atoms with Gasteiger partial charge in [-0.05, 0) is 31.9 Å². The lowest BCUT2D eigenvalue weighted by molar-refractivity contribution is -0.0774. The lowest BCUT2D eigenvalue weighted by Gasteiger charge is -2.26. The number of aromatic nitrogens is 2. The van der Waals surface area contributed by atoms with Gasteiger partial charge in [0, 0.05) is 12.7 Å². The Bertz CT molecular complexity index is 740. The number of hydroxylamine groups is 1. The SMILES string of the molecule is CCn1cc(S(=O)(=O)N(OC)[C@@H](C)c2ccccc2C)cn1. The summed E-state index contributed by atoms with van der Waals surface area (Å²) in [7, 11) is -2.42. The molecular weight excluding hydrogens is 302 g/mol. The quantitative estimate of drug-likeness (QED) is 0.766. The summed E-state index contributed by atoms with van der Waals surface area (Å²) in [6.45, 7) is 6.25. The van der Waals surface area contributed by atoms with Gasteiger partial charge < -0.3 is 0 Å². The second-order valence-electron chi connectivity index (χ2n) is 5.01. The van der Waals surface area contributed by atoms with Gasteiger partial charge in [-0.15, -0.1) is 0 Å². The lowest BCUT2D eigenvalue weighted by Crippen LogP contribution is -2.33. The standard InChI is InChI=1S/C15H21N3O3S/c1-5-17-11-14(10-16-17)22(19,20)18(21-4)13(3)15-9-7-6-8-12(15)2/h6-11,13H,5H2,1-4H3/t13-/m0/s1. The van der Waals surface area contributed by atoms with Gasteiger partial charge in [0.15, 0.2) is 0 Å². The van der Waals surface area contributed by atoms with Crippen LogP contribution >= 0.6 is 0 Å². The minimum absolute atomic E-state index is 0.122. The fourth-order valence-corrected chi connectivity index (χ4v) is 3.76. The molecule has 0 saturated heterocycles. The zero-order valence-electron chi connectivity index (χ0n) is 13.2. The maximum absolute atomic E-state index is 12.8. The molecule has 0 fully saturated rings. The van der Waals surface area contributed by atoms with Crippen LogP contribution in [0.1, 0.15) is 31.0 Å². The van der Waals surface area contributed by atoms with Crippen molar-refractivity contribution in [1.29, 1.82) is 0 Å². The molecule has 0 unspecified atom stereocenters. The lowest BCUT2D eigenvalue weighted by atomic mass is 10.0. The topological polar surface area (TPSA) is 64.4 Å². The van der Waals surface area contributed by atoms with E-state index in [9.17, 15) is 8.42 Å². The molecule has 1 atom stereocenters. The van der Waals surface area contributed by atoms with Crippen LogP contribution in [0.25, 0.3) is 0 Å². The molecule has 1 aromatic carbocycles. The third-order valence-corrected chi connectivity index (χ3v) is 5.35. The second-order valence-corrected chi connectivity index (χ2v) is 6.79. The van der Waals surface area contributed by atoms with Crippen LogP contribution in [0.15, 0.2) is 41.6 Å². The first-order valence-corrected chi connectivity index (χ1v) is 8.52. The number of benzene rings is 1. The normalized spacial score (nSPS) is 13.5. The zero-order valence-corrected chi connectivity index (χ0v) is 14.0. The van der Waals surface area contributed by atoms with Crippen LogP contribution in [0.2, 0.25) is 0 Å². The maximum Gasteiger partial charge on any atom is 0.268 e. The van der Waals surface area contributed by atoms with E-state index in [0.717, 1.165) is 15.6 Å². The van der Waals surface area contributed by atoms with E-state index < -0.39 is 16.1 Å². The fraction of sp³-hybridized carbons (Fsp3) is 0.400.